The number of hydrogen-bond donors (Lipinski definition) is 0. The molecule has 3 rings (SSSR count). The van der Waals surface area contributed by atoms with Gasteiger partial charge >= 0.3 is 0 Å². The van der Waals surface area contributed by atoms with Crippen molar-refractivity contribution in [2.24, 2.45) is 0 Å². The number of benzene rings is 2. The van der Waals surface area contributed by atoms with Gasteiger partial charge in [0.05, 0.1) is 10.6 Å². The Morgan fingerprint density at radius 3 is 2.52 bits per heavy atom. The van der Waals surface area contributed by atoms with Crippen LogP contribution in [0.2, 0.25) is 5.02 Å². The molecule has 0 radical (unpaired) electrons. The molecule has 0 saturated carbocycles. The standard InChI is InChI=1S/C18H12ClNO2S/c19-14-9-5-10-15(12-14)20-17(21)16(23-18(20)22)11-4-8-13-6-2-1-3-7-13/h1-12H/b8-4+,16-11+. The van der Waals surface area contributed by atoms with E-state index in [2.05, 4.69) is 0 Å². The molecule has 3 nitrogen and oxygen atoms in total. The van der Waals surface area contributed by atoms with Crippen molar-refractivity contribution in [2.75, 3.05) is 4.90 Å². The fraction of sp³-hybridized carbons (Fsp3) is 0. The Balaban J connectivity index is 1.81. The third kappa shape index (κ3) is 3.55. The van der Waals surface area contributed by atoms with Crippen molar-refractivity contribution < 1.29 is 9.59 Å². The number of thioether (sulfide) groups is 1. The van der Waals surface area contributed by atoms with Gasteiger partial charge in [-0.15, -0.1) is 0 Å². The van der Waals surface area contributed by atoms with Gasteiger partial charge in [0.2, 0.25) is 0 Å². The van der Waals surface area contributed by atoms with E-state index in [-0.39, 0.29) is 11.1 Å². The molecular weight excluding hydrogens is 330 g/mol. The largest absolute Gasteiger partial charge is 0.298 e. The van der Waals surface area contributed by atoms with Crippen LogP contribution in [0.15, 0.2) is 71.7 Å². The van der Waals surface area contributed by atoms with Crippen LogP contribution in [0.1, 0.15) is 5.56 Å². The van der Waals surface area contributed by atoms with Gasteiger partial charge in [0, 0.05) is 5.02 Å². The van der Waals surface area contributed by atoms with E-state index in [1.807, 2.05) is 36.4 Å². The smallest absolute Gasteiger partial charge is 0.268 e. The van der Waals surface area contributed by atoms with E-state index in [9.17, 15) is 9.59 Å². The average molecular weight is 342 g/mol. The molecule has 1 aliphatic heterocycles. The monoisotopic (exact) mass is 341 g/mol. The maximum atomic E-state index is 12.4. The molecule has 0 aliphatic carbocycles. The molecule has 2 amide bonds. The molecule has 114 valence electrons. The van der Waals surface area contributed by atoms with Crippen LogP contribution in [-0.2, 0) is 4.79 Å². The van der Waals surface area contributed by atoms with Gasteiger partial charge in [-0.2, -0.15) is 0 Å². The van der Waals surface area contributed by atoms with Gasteiger partial charge in [0.25, 0.3) is 11.1 Å². The van der Waals surface area contributed by atoms with Crippen LogP contribution in [-0.4, -0.2) is 11.1 Å². The SMILES string of the molecule is O=C1S/C(=C/C=C/c2ccccc2)C(=O)N1c1cccc(Cl)c1. The molecule has 1 fully saturated rings. The molecule has 0 unspecified atom stereocenters. The number of allylic oxidation sites excluding steroid dienone is 2. The first kappa shape index (κ1) is 15.6. The fourth-order valence-electron chi connectivity index (χ4n) is 2.13. The van der Waals surface area contributed by atoms with Crippen molar-refractivity contribution in [1.82, 2.24) is 0 Å². The summed E-state index contributed by atoms with van der Waals surface area (Å²) < 4.78 is 0. The van der Waals surface area contributed by atoms with E-state index >= 15 is 0 Å². The van der Waals surface area contributed by atoms with E-state index in [0.717, 1.165) is 22.2 Å². The van der Waals surface area contributed by atoms with Gasteiger partial charge in [-0.3, -0.25) is 9.59 Å². The summed E-state index contributed by atoms with van der Waals surface area (Å²) in [6.07, 6.45) is 5.31. The van der Waals surface area contributed by atoms with E-state index < -0.39 is 0 Å². The van der Waals surface area contributed by atoms with Crippen molar-refractivity contribution in [3.8, 4) is 0 Å². The Kier molecular flexibility index (Phi) is 4.65. The predicted molar refractivity (Wildman–Crippen MR) is 95.5 cm³/mol. The number of rotatable bonds is 3. The number of halogens is 1. The minimum absolute atomic E-state index is 0.323. The van der Waals surface area contributed by atoms with Crippen LogP contribution >= 0.6 is 23.4 Å². The number of carbonyl (C=O) groups excluding carboxylic acids is 2. The van der Waals surface area contributed by atoms with Gasteiger partial charge in [0.15, 0.2) is 0 Å². The van der Waals surface area contributed by atoms with Crippen LogP contribution in [0, 0.1) is 0 Å². The van der Waals surface area contributed by atoms with Crippen LogP contribution in [0.4, 0.5) is 10.5 Å². The Labute approximate surface area is 143 Å². The molecule has 0 aromatic heterocycles. The second-order valence-corrected chi connectivity index (χ2v) is 6.22. The highest BCUT2D eigenvalue weighted by Gasteiger charge is 2.35. The minimum atomic E-state index is -0.333. The van der Waals surface area contributed by atoms with Gasteiger partial charge in [-0.05, 0) is 41.6 Å². The van der Waals surface area contributed by atoms with Crippen molar-refractivity contribution in [3.63, 3.8) is 0 Å². The highest BCUT2D eigenvalue weighted by molar-refractivity contribution is 8.18. The molecule has 1 aliphatic rings. The van der Waals surface area contributed by atoms with Crippen LogP contribution in [0.25, 0.3) is 6.08 Å². The van der Waals surface area contributed by atoms with Gasteiger partial charge in [-0.1, -0.05) is 60.2 Å². The van der Waals surface area contributed by atoms with E-state index in [4.69, 9.17) is 11.6 Å². The zero-order chi connectivity index (χ0) is 16.2. The molecule has 5 heteroatoms. The number of nitrogens with zero attached hydrogens (tertiary/aromatic N) is 1. The zero-order valence-corrected chi connectivity index (χ0v) is 13.6. The van der Waals surface area contributed by atoms with Gasteiger partial charge in [-0.25, -0.2) is 4.90 Å². The van der Waals surface area contributed by atoms with Crippen LogP contribution in [0.5, 0.6) is 0 Å². The van der Waals surface area contributed by atoms with E-state index in [1.165, 1.54) is 0 Å². The molecule has 0 bridgehead atoms. The maximum absolute atomic E-state index is 12.4. The summed E-state index contributed by atoms with van der Waals surface area (Å²) in [5, 5.41) is 0.158. The molecule has 23 heavy (non-hydrogen) atoms. The maximum Gasteiger partial charge on any atom is 0.298 e. The predicted octanol–water partition coefficient (Wildman–Crippen LogP) is 5.14. The van der Waals surface area contributed by atoms with Crippen molar-refractivity contribution in [3.05, 3.63) is 82.2 Å². The number of carbonyl (C=O) groups is 2. The lowest BCUT2D eigenvalue weighted by Gasteiger charge is -2.12. The molecule has 2 aromatic carbocycles. The zero-order valence-electron chi connectivity index (χ0n) is 12.0. The first-order valence-electron chi connectivity index (χ1n) is 6.90. The Morgan fingerprint density at radius 2 is 1.78 bits per heavy atom. The summed E-state index contributed by atoms with van der Waals surface area (Å²) in [5.41, 5.74) is 1.51. The average Bonchev–Trinajstić information content (AvgIpc) is 2.82. The summed E-state index contributed by atoms with van der Waals surface area (Å²) in [6.45, 7) is 0. The lowest BCUT2D eigenvalue weighted by Crippen LogP contribution is -2.27. The first-order valence-corrected chi connectivity index (χ1v) is 8.10. The highest BCUT2D eigenvalue weighted by Crippen LogP contribution is 2.35. The highest BCUT2D eigenvalue weighted by atomic mass is 35.5. The Morgan fingerprint density at radius 1 is 1.00 bits per heavy atom. The number of hydrogen-bond acceptors (Lipinski definition) is 3. The van der Waals surface area contributed by atoms with Crippen LogP contribution in [0.3, 0.4) is 0 Å². The lowest BCUT2D eigenvalue weighted by molar-refractivity contribution is -0.113. The number of imide groups is 1. The summed E-state index contributed by atoms with van der Waals surface area (Å²) in [7, 11) is 0. The number of anilines is 1. The third-order valence-corrected chi connectivity index (χ3v) is 4.32. The van der Waals surface area contributed by atoms with Gasteiger partial charge in [0.1, 0.15) is 0 Å². The molecule has 1 saturated heterocycles. The van der Waals surface area contributed by atoms with Crippen molar-refractivity contribution in [2.45, 2.75) is 0 Å². The van der Waals surface area contributed by atoms with Crippen LogP contribution < -0.4 is 4.90 Å². The third-order valence-electron chi connectivity index (χ3n) is 3.20. The molecule has 0 atom stereocenters. The molecule has 1 heterocycles. The molecule has 0 spiro atoms. The minimum Gasteiger partial charge on any atom is -0.268 e. The Hall–Kier alpha value is -2.30. The van der Waals surface area contributed by atoms with Gasteiger partial charge < -0.3 is 0 Å². The second-order valence-electron chi connectivity index (χ2n) is 4.79. The summed E-state index contributed by atoms with van der Waals surface area (Å²) in [6, 6.07) is 16.4. The quantitative estimate of drug-likeness (QED) is 0.725. The Bertz CT molecular complexity index is 815. The summed E-state index contributed by atoms with van der Waals surface area (Å²) in [5.74, 6) is -0.333. The normalized spacial score (nSPS) is 16.7. The fourth-order valence-corrected chi connectivity index (χ4v) is 3.11. The number of amides is 2. The molecule has 0 N–H and O–H groups in total. The summed E-state index contributed by atoms with van der Waals surface area (Å²) in [4.78, 5) is 26.0. The lowest BCUT2D eigenvalue weighted by atomic mass is 10.2. The van der Waals surface area contributed by atoms with Crippen molar-refractivity contribution in [1.29, 1.82) is 0 Å². The molecular formula is C18H12ClNO2S. The van der Waals surface area contributed by atoms with E-state index in [0.29, 0.717) is 15.6 Å². The molecule has 2 aromatic rings. The second kappa shape index (κ2) is 6.86. The summed E-state index contributed by atoms with van der Waals surface area (Å²) >= 11 is 6.85. The van der Waals surface area contributed by atoms with Crippen molar-refractivity contribution >= 4 is 46.3 Å². The topological polar surface area (TPSA) is 37.4 Å². The van der Waals surface area contributed by atoms with E-state index in [1.54, 1.807) is 36.4 Å². The first-order chi connectivity index (χ1) is 11.1.